The van der Waals surface area contributed by atoms with Crippen molar-refractivity contribution in [2.24, 2.45) is 5.92 Å². The molecule has 1 aromatic rings. The van der Waals surface area contributed by atoms with Crippen LogP contribution >= 0.6 is 11.6 Å². The van der Waals surface area contributed by atoms with Crippen LogP contribution in [-0.2, 0) is 21.0 Å². The fraction of sp³-hybridized carbons (Fsp3) is 0.650. The number of carbonyl (C=O) groups is 1. The van der Waals surface area contributed by atoms with Crippen molar-refractivity contribution in [1.82, 2.24) is 14.1 Å². The summed E-state index contributed by atoms with van der Waals surface area (Å²) in [6, 6.07) is 3.06. The highest BCUT2D eigenvalue weighted by Crippen LogP contribution is 2.37. The van der Waals surface area contributed by atoms with Crippen molar-refractivity contribution < 1.29 is 26.4 Å². The van der Waals surface area contributed by atoms with Crippen molar-refractivity contribution in [1.29, 1.82) is 0 Å². The Morgan fingerprint density at radius 3 is 2.16 bits per heavy atom. The summed E-state index contributed by atoms with van der Waals surface area (Å²) < 4.78 is 66.2. The maximum Gasteiger partial charge on any atom is 0.417 e. The van der Waals surface area contributed by atoms with Crippen molar-refractivity contribution >= 4 is 27.5 Å². The van der Waals surface area contributed by atoms with Crippen LogP contribution in [0, 0.1) is 5.92 Å². The molecule has 6 nitrogen and oxygen atoms in total. The number of piperidine rings is 2. The average Bonchev–Trinajstić information content (AvgIpc) is 2.72. The number of sulfonamides is 1. The number of likely N-dealkylation sites (tertiary alicyclic amines) is 1. The molecule has 2 aliphatic heterocycles. The first kappa shape index (κ1) is 24.3. The molecular formula is C20H27ClF3N3O3S. The minimum absolute atomic E-state index is 0.0418. The van der Waals surface area contributed by atoms with E-state index in [1.807, 2.05) is 19.0 Å². The van der Waals surface area contributed by atoms with Gasteiger partial charge in [0.15, 0.2) is 0 Å². The first-order valence-electron chi connectivity index (χ1n) is 10.2. The molecular weight excluding hydrogens is 455 g/mol. The highest BCUT2D eigenvalue weighted by Gasteiger charge is 2.38. The molecule has 0 aromatic heterocycles. The Morgan fingerprint density at radius 2 is 1.65 bits per heavy atom. The Hall–Kier alpha value is -1.36. The molecule has 0 radical (unpaired) electrons. The van der Waals surface area contributed by atoms with E-state index in [2.05, 4.69) is 4.90 Å². The molecule has 2 aliphatic rings. The third kappa shape index (κ3) is 5.35. The van der Waals surface area contributed by atoms with E-state index in [4.69, 9.17) is 11.6 Å². The molecule has 0 saturated carbocycles. The summed E-state index contributed by atoms with van der Waals surface area (Å²) in [6.07, 6.45) is -2.23. The van der Waals surface area contributed by atoms with Gasteiger partial charge in [0.25, 0.3) is 0 Å². The molecule has 0 bridgehead atoms. The van der Waals surface area contributed by atoms with Crippen LogP contribution in [0.2, 0.25) is 5.02 Å². The quantitative estimate of drug-likeness (QED) is 0.662. The largest absolute Gasteiger partial charge is 0.417 e. The van der Waals surface area contributed by atoms with Gasteiger partial charge in [-0.25, -0.2) is 8.42 Å². The Labute approximate surface area is 186 Å². The third-order valence-corrected chi connectivity index (χ3v) is 8.41. The van der Waals surface area contributed by atoms with Crippen molar-refractivity contribution in [3.63, 3.8) is 0 Å². The van der Waals surface area contributed by atoms with Gasteiger partial charge in [0.05, 0.1) is 15.5 Å². The summed E-state index contributed by atoms with van der Waals surface area (Å²) >= 11 is 5.60. The molecule has 3 rings (SSSR count). The van der Waals surface area contributed by atoms with Crippen molar-refractivity contribution in [2.75, 3.05) is 40.3 Å². The van der Waals surface area contributed by atoms with E-state index in [1.165, 1.54) is 0 Å². The molecule has 2 heterocycles. The van der Waals surface area contributed by atoms with Crippen LogP contribution in [0.4, 0.5) is 13.2 Å². The van der Waals surface area contributed by atoms with Gasteiger partial charge in [-0.3, -0.25) is 4.79 Å². The zero-order chi connectivity index (χ0) is 23.0. The predicted octanol–water partition coefficient (Wildman–Crippen LogP) is 3.31. The lowest BCUT2D eigenvalue weighted by atomic mass is 9.94. The van der Waals surface area contributed by atoms with Gasteiger partial charge >= 0.3 is 6.18 Å². The molecule has 0 aliphatic carbocycles. The molecule has 31 heavy (non-hydrogen) atoms. The first-order chi connectivity index (χ1) is 14.4. The zero-order valence-corrected chi connectivity index (χ0v) is 19.1. The van der Waals surface area contributed by atoms with Crippen molar-refractivity contribution in [3.8, 4) is 0 Å². The maximum atomic E-state index is 13.1. The molecule has 1 aromatic carbocycles. The molecule has 174 valence electrons. The second-order valence-electron chi connectivity index (χ2n) is 8.34. The summed E-state index contributed by atoms with van der Waals surface area (Å²) in [7, 11) is -0.0592. The summed E-state index contributed by atoms with van der Waals surface area (Å²) in [5.74, 6) is -0.224. The molecule has 0 unspecified atom stereocenters. The van der Waals surface area contributed by atoms with Gasteiger partial charge in [-0.2, -0.15) is 17.5 Å². The van der Waals surface area contributed by atoms with Crippen LogP contribution in [0.3, 0.4) is 0 Å². The lowest BCUT2D eigenvalue weighted by Crippen LogP contribution is -2.48. The number of rotatable bonds is 4. The number of halogens is 4. The van der Waals surface area contributed by atoms with Crippen LogP contribution in [0.25, 0.3) is 0 Å². The molecule has 2 saturated heterocycles. The van der Waals surface area contributed by atoms with Crippen LogP contribution in [0.5, 0.6) is 0 Å². The Balaban J connectivity index is 1.63. The third-order valence-electron chi connectivity index (χ3n) is 6.19. The number of hydrogen-bond donors (Lipinski definition) is 0. The van der Waals surface area contributed by atoms with E-state index in [9.17, 15) is 26.4 Å². The van der Waals surface area contributed by atoms with Crippen molar-refractivity contribution in [2.45, 2.75) is 42.8 Å². The number of hydrogen-bond acceptors (Lipinski definition) is 4. The SMILES string of the molecule is CN(C)C1CCN(C(=O)C2CCN(S(=O)(=O)c3ccc(Cl)c(C(F)(F)F)c3)CC2)CC1. The molecule has 1 amide bonds. The van der Waals surface area contributed by atoms with Gasteiger partial charge in [-0.05, 0) is 58.0 Å². The van der Waals surface area contributed by atoms with E-state index in [-0.39, 0.29) is 24.9 Å². The fourth-order valence-corrected chi connectivity index (χ4v) is 5.96. The number of amides is 1. The van der Waals surface area contributed by atoms with E-state index in [0.29, 0.717) is 38.0 Å². The van der Waals surface area contributed by atoms with Gasteiger partial charge < -0.3 is 9.80 Å². The van der Waals surface area contributed by atoms with Gasteiger partial charge in [0.1, 0.15) is 0 Å². The normalized spacial score (nSPS) is 20.4. The lowest BCUT2D eigenvalue weighted by molar-refractivity contribution is -0.138. The number of alkyl halides is 3. The van der Waals surface area contributed by atoms with E-state index in [1.54, 1.807) is 0 Å². The monoisotopic (exact) mass is 481 g/mol. The fourth-order valence-electron chi connectivity index (χ4n) is 4.24. The summed E-state index contributed by atoms with van der Waals surface area (Å²) in [4.78, 5) is 16.4. The number of nitrogens with zero attached hydrogens (tertiary/aromatic N) is 3. The van der Waals surface area contributed by atoms with Gasteiger partial charge in [0.2, 0.25) is 15.9 Å². The van der Waals surface area contributed by atoms with Crippen LogP contribution in [0.1, 0.15) is 31.2 Å². The van der Waals surface area contributed by atoms with Gasteiger partial charge in [-0.15, -0.1) is 0 Å². The highest BCUT2D eigenvalue weighted by molar-refractivity contribution is 7.89. The van der Waals surface area contributed by atoms with Crippen LogP contribution in [-0.4, -0.2) is 74.7 Å². The number of benzene rings is 1. The van der Waals surface area contributed by atoms with Crippen molar-refractivity contribution in [3.05, 3.63) is 28.8 Å². The average molecular weight is 482 g/mol. The smallest absolute Gasteiger partial charge is 0.342 e. The van der Waals surface area contributed by atoms with E-state index < -0.39 is 31.7 Å². The first-order valence-corrected chi connectivity index (χ1v) is 12.0. The van der Waals surface area contributed by atoms with Gasteiger partial charge in [0, 0.05) is 38.1 Å². The standard InChI is InChI=1S/C20H27ClF3N3O3S/c1-25(2)15-7-9-26(10-8-15)19(28)14-5-11-27(12-6-14)31(29,30)16-3-4-18(21)17(13-16)20(22,23)24/h3-4,13-15H,5-12H2,1-2H3. The van der Waals surface area contributed by atoms with Gasteiger partial charge in [-0.1, -0.05) is 11.6 Å². The maximum absolute atomic E-state index is 13.1. The Kier molecular flexibility index (Phi) is 7.25. The molecule has 11 heteroatoms. The topological polar surface area (TPSA) is 60.9 Å². The predicted molar refractivity (Wildman–Crippen MR) is 111 cm³/mol. The second kappa shape index (κ2) is 9.25. The second-order valence-corrected chi connectivity index (χ2v) is 10.7. The summed E-state index contributed by atoms with van der Waals surface area (Å²) in [6.45, 7) is 1.56. The molecule has 2 fully saturated rings. The molecule has 0 N–H and O–H groups in total. The van der Waals surface area contributed by atoms with E-state index in [0.717, 1.165) is 29.3 Å². The molecule has 0 atom stereocenters. The molecule has 0 spiro atoms. The zero-order valence-electron chi connectivity index (χ0n) is 17.5. The minimum atomic E-state index is -4.75. The number of carbonyl (C=O) groups excluding carboxylic acids is 1. The van der Waals surface area contributed by atoms with Crippen LogP contribution < -0.4 is 0 Å². The summed E-state index contributed by atoms with van der Waals surface area (Å²) in [5, 5.41) is -0.547. The Bertz CT molecular complexity index is 908. The minimum Gasteiger partial charge on any atom is -0.342 e. The Morgan fingerprint density at radius 1 is 1.06 bits per heavy atom. The highest BCUT2D eigenvalue weighted by atomic mass is 35.5. The van der Waals surface area contributed by atoms with Crippen LogP contribution in [0.15, 0.2) is 23.1 Å². The van der Waals surface area contributed by atoms with E-state index >= 15 is 0 Å². The lowest BCUT2D eigenvalue weighted by Gasteiger charge is -2.38. The summed E-state index contributed by atoms with van der Waals surface area (Å²) in [5.41, 5.74) is -1.18.